The molecule has 1 aliphatic rings. The SMILES string of the molecule is CCCCNC(=O)CN1c2ccccc2-c2ccccc2S1(=O)=O. The normalized spacial score (nSPS) is 14.6. The maximum absolute atomic E-state index is 13.0. The van der Waals surface area contributed by atoms with E-state index in [2.05, 4.69) is 5.32 Å². The lowest BCUT2D eigenvalue weighted by atomic mass is 10.0. The van der Waals surface area contributed by atoms with Gasteiger partial charge in [0, 0.05) is 17.7 Å². The van der Waals surface area contributed by atoms with E-state index in [1.807, 2.05) is 25.1 Å². The van der Waals surface area contributed by atoms with Crippen LogP contribution in [0, 0.1) is 0 Å². The molecule has 0 radical (unpaired) electrons. The molecule has 0 atom stereocenters. The fraction of sp³-hybridized carbons (Fsp3) is 0.278. The Balaban J connectivity index is 1.99. The van der Waals surface area contributed by atoms with Gasteiger partial charge in [0.25, 0.3) is 10.0 Å². The van der Waals surface area contributed by atoms with E-state index in [1.54, 1.807) is 30.3 Å². The van der Waals surface area contributed by atoms with E-state index >= 15 is 0 Å². The Labute approximate surface area is 142 Å². The molecule has 0 fully saturated rings. The molecular weight excluding hydrogens is 324 g/mol. The third kappa shape index (κ3) is 2.89. The van der Waals surface area contributed by atoms with E-state index in [-0.39, 0.29) is 17.3 Å². The Bertz CT molecular complexity index is 862. The number of benzene rings is 2. The Morgan fingerprint density at radius 2 is 1.71 bits per heavy atom. The van der Waals surface area contributed by atoms with Gasteiger partial charge in [-0.25, -0.2) is 8.42 Å². The summed E-state index contributed by atoms with van der Waals surface area (Å²) in [6.45, 7) is 2.38. The molecule has 0 saturated carbocycles. The van der Waals surface area contributed by atoms with Crippen molar-refractivity contribution in [2.24, 2.45) is 0 Å². The van der Waals surface area contributed by atoms with E-state index in [9.17, 15) is 13.2 Å². The topological polar surface area (TPSA) is 66.5 Å². The van der Waals surface area contributed by atoms with Crippen LogP contribution in [0.4, 0.5) is 5.69 Å². The van der Waals surface area contributed by atoms with Crippen LogP contribution in [-0.2, 0) is 14.8 Å². The average Bonchev–Trinajstić information content (AvgIpc) is 2.59. The van der Waals surface area contributed by atoms with Crippen molar-refractivity contribution in [3.8, 4) is 11.1 Å². The van der Waals surface area contributed by atoms with Crippen LogP contribution in [0.3, 0.4) is 0 Å². The molecule has 126 valence electrons. The van der Waals surface area contributed by atoms with E-state index in [4.69, 9.17) is 0 Å². The predicted octanol–water partition coefficient (Wildman–Crippen LogP) is 2.78. The molecular formula is C18H20N2O3S. The summed E-state index contributed by atoms with van der Waals surface area (Å²) >= 11 is 0. The maximum Gasteiger partial charge on any atom is 0.265 e. The minimum atomic E-state index is -3.75. The summed E-state index contributed by atoms with van der Waals surface area (Å²) in [4.78, 5) is 12.4. The molecule has 1 aliphatic heterocycles. The molecule has 6 heteroatoms. The summed E-state index contributed by atoms with van der Waals surface area (Å²) < 4.78 is 27.2. The van der Waals surface area contributed by atoms with E-state index in [0.29, 0.717) is 17.8 Å². The molecule has 0 spiro atoms. The second kappa shape index (κ2) is 6.65. The van der Waals surface area contributed by atoms with Gasteiger partial charge in [0.2, 0.25) is 5.91 Å². The molecule has 24 heavy (non-hydrogen) atoms. The lowest BCUT2D eigenvalue weighted by Crippen LogP contribution is -2.42. The molecule has 1 N–H and O–H groups in total. The van der Waals surface area contributed by atoms with Crippen molar-refractivity contribution in [2.45, 2.75) is 24.7 Å². The van der Waals surface area contributed by atoms with Gasteiger partial charge < -0.3 is 5.32 Å². The first-order valence-corrected chi connectivity index (χ1v) is 9.47. The van der Waals surface area contributed by atoms with Crippen molar-refractivity contribution >= 4 is 21.6 Å². The number of hydrogen-bond donors (Lipinski definition) is 1. The molecule has 1 amide bonds. The first kappa shape index (κ1) is 16.5. The molecule has 0 aromatic heterocycles. The highest BCUT2D eigenvalue weighted by Gasteiger charge is 2.35. The zero-order valence-electron chi connectivity index (χ0n) is 13.5. The number of carbonyl (C=O) groups is 1. The van der Waals surface area contributed by atoms with Crippen LogP contribution in [0.15, 0.2) is 53.4 Å². The fourth-order valence-electron chi connectivity index (χ4n) is 2.84. The highest BCUT2D eigenvalue weighted by Crippen LogP contribution is 2.42. The highest BCUT2D eigenvalue weighted by atomic mass is 32.2. The van der Waals surface area contributed by atoms with E-state index in [0.717, 1.165) is 18.4 Å². The number of carbonyl (C=O) groups excluding carboxylic acids is 1. The number of anilines is 1. The fourth-order valence-corrected chi connectivity index (χ4v) is 4.49. The molecule has 0 saturated heterocycles. The van der Waals surface area contributed by atoms with Crippen molar-refractivity contribution in [3.05, 3.63) is 48.5 Å². The van der Waals surface area contributed by atoms with Crippen LogP contribution < -0.4 is 9.62 Å². The number of para-hydroxylation sites is 1. The Morgan fingerprint density at radius 1 is 1.04 bits per heavy atom. The van der Waals surface area contributed by atoms with Crippen molar-refractivity contribution < 1.29 is 13.2 Å². The molecule has 1 heterocycles. The number of fused-ring (bicyclic) bond motifs is 3. The van der Waals surface area contributed by atoms with Gasteiger partial charge in [-0.15, -0.1) is 0 Å². The number of sulfonamides is 1. The van der Waals surface area contributed by atoms with Gasteiger partial charge in [0.05, 0.1) is 10.6 Å². The third-order valence-corrected chi connectivity index (χ3v) is 5.88. The lowest BCUT2D eigenvalue weighted by molar-refractivity contribution is -0.119. The highest BCUT2D eigenvalue weighted by molar-refractivity contribution is 7.93. The predicted molar refractivity (Wildman–Crippen MR) is 94.3 cm³/mol. The summed E-state index contributed by atoms with van der Waals surface area (Å²) in [6, 6.07) is 14.2. The minimum absolute atomic E-state index is 0.211. The van der Waals surface area contributed by atoms with Crippen molar-refractivity contribution in [3.63, 3.8) is 0 Å². The number of unbranched alkanes of at least 4 members (excludes halogenated alkanes) is 1. The van der Waals surface area contributed by atoms with Gasteiger partial charge in [0.15, 0.2) is 0 Å². The second-order valence-corrected chi connectivity index (χ2v) is 7.56. The Hall–Kier alpha value is -2.34. The summed E-state index contributed by atoms with van der Waals surface area (Å²) in [5, 5.41) is 2.78. The lowest BCUT2D eigenvalue weighted by Gasteiger charge is -2.31. The van der Waals surface area contributed by atoms with Crippen molar-refractivity contribution in [1.82, 2.24) is 5.32 Å². The Morgan fingerprint density at radius 3 is 2.46 bits per heavy atom. The van der Waals surface area contributed by atoms with Gasteiger partial charge in [0.1, 0.15) is 6.54 Å². The van der Waals surface area contributed by atoms with Crippen LogP contribution in [0.25, 0.3) is 11.1 Å². The summed E-state index contributed by atoms with van der Waals surface area (Å²) in [6.07, 6.45) is 1.84. The molecule has 3 rings (SSSR count). The number of nitrogens with zero attached hydrogens (tertiary/aromatic N) is 1. The molecule has 2 aromatic rings. The number of amides is 1. The monoisotopic (exact) mass is 344 g/mol. The zero-order chi connectivity index (χ0) is 17.2. The van der Waals surface area contributed by atoms with Crippen LogP contribution in [0.5, 0.6) is 0 Å². The van der Waals surface area contributed by atoms with Crippen LogP contribution in [0.1, 0.15) is 19.8 Å². The van der Waals surface area contributed by atoms with Crippen LogP contribution in [0.2, 0.25) is 0 Å². The number of nitrogens with one attached hydrogen (secondary N) is 1. The smallest absolute Gasteiger partial charge is 0.265 e. The standard InChI is InChI=1S/C18H20N2O3S/c1-2-3-12-19-18(21)13-20-16-10-6-4-8-14(16)15-9-5-7-11-17(15)24(20,22)23/h4-11H,2-3,12-13H2,1H3,(H,19,21). The maximum atomic E-state index is 13.0. The van der Waals surface area contributed by atoms with Crippen LogP contribution >= 0.6 is 0 Å². The quantitative estimate of drug-likeness (QED) is 0.848. The second-order valence-electron chi connectivity index (χ2n) is 5.73. The first-order valence-electron chi connectivity index (χ1n) is 8.03. The largest absolute Gasteiger partial charge is 0.355 e. The third-order valence-electron chi connectivity index (χ3n) is 4.06. The van der Waals surface area contributed by atoms with E-state index in [1.165, 1.54) is 4.31 Å². The van der Waals surface area contributed by atoms with Crippen molar-refractivity contribution in [2.75, 3.05) is 17.4 Å². The van der Waals surface area contributed by atoms with Gasteiger partial charge in [-0.05, 0) is 18.6 Å². The number of rotatable bonds is 5. The molecule has 0 bridgehead atoms. The van der Waals surface area contributed by atoms with E-state index < -0.39 is 10.0 Å². The molecule has 2 aromatic carbocycles. The number of hydrogen-bond acceptors (Lipinski definition) is 3. The summed E-state index contributed by atoms with van der Waals surface area (Å²) in [7, 11) is -3.75. The van der Waals surface area contributed by atoms with Gasteiger partial charge >= 0.3 is 0 Å². The zero-order valence-corrected chi connectivity index (χ0v) is 14.3. The summed E-state index contributed by atoms with van der Waals surface area (Å²) in [5.41, 5.74) is 2.04. The van der Waals surface area contributed by atoms with Crippen molar-refractivity contribution in [1.29, 1.82) is 0 Å². The van der Waals surface area contributed by atoms with Crippen LogP contribution in [-0.4, -0.2) is 27.4 Å². The minimum Gasteiger partial charge on any atom is -0.355 e. The summed E-state index contributed by atoms with van der Waals surface area (Å²) in [5.74, 6) is -0.291. The molecule has 0 aliphatic carbocycles. The first-order chi connectivity index (χ1) is 11.6. The van der Waals surface area contributed by atoms with Gasteiger partial charge in [-0.2, -0.15) is 0 Å². The van der Waals surface area contributed by atoms with Gasteiger partial charge in [-0.3, -0.25) is 9.10 Å². The molecule has 5 nitrogen and oxygen atoms in total. The average molecular weight is 344 g/mol. The van der Waals surface area contributed by atoms with Gasteiger partial charge in [-0.1, -0.05) is 49.7 Å². The Kier molecular flexibility index (Phi) is 4.57. The molecule has 0 unspecified atom stereocenters.